The molecular formula is C12H9BrFNO4S2. The standard InChI is InChI=1S/C12H9BrFNO4S2/c1-19-12(16)11-9(4-5-20-11)15-21(17,18)10-3-2-7(14)6-8(10)13/h2-6,15H,1H3. The van der Waals surface area contributed by atoms with E-state index in [0.717, 1.165) is 29.5 Å². The first-order valence-electron chi connectivity index (χ1n) is 5.49. The van der Waals surface area contributed by atoms with Crippen LogP contribution in [0.15, 0.2) is 39.0 Å². The zero-order valence-electron chi connectivity index (χ0n) is 10.6. The zero-order chi connectivity index (χ0) is 15.6. The van der Waals surface area contributed by atoms with E-state index in [1.54, 1.807) is 5.38 Å². The molecule has 112 valence electrons. The van der Waals surface area contributed by atoms with Crippen LogP contribution in [0.1, 0.15) is 9.67 Å². The van der Waals surface area contributed by atoms with Gasteiger partial charge in [0, 0.05) is 4.47 Å². The summed E-state index contributed by atoms with van der Waals surface area (Å²) in [5, 5.41) is 1.56. The highest BCUT2D eigenvalue weighted by Crippen LogP contribution is 2.28. The molecule has 0 radical (unpaired) electrons. The van der Waals surface area contributed by atoms with Gasteiger partial charge < -0.3 is 4.74 Å². The molecule has 0 saturated carbocycles. The molecule has 21 heavy (non-hydrogen) atoms. The number of sulfonamides is 1. The molecule has 2 rings (SSSR count). The van der Waals surface area contributed by atoms with E-state index in [1.165, 1.54) is 13.2 Å². The molecule has 0 atom stereocenters. The van der Waals surface area contributed by atoms with Crippen LogP contribution in [-0.2, 0) is 14.8 Å². The van der Waals surface area contributed by atoms with Gasteiger partial charge in [-0.25, -0.2) is 17.6 Å². The van der Waals surface area contributed by atoms with Crippen molar-refractivity contribution in [3.63, 3.8) is 0 Å². The average molecular weight is 394 g/mol. The molecule has 0 aliphatic rings. The molecule has 1 aromatic heterocycles. The number of rotatable bonds is 4. The Bertz CT molecular complexity index is 788. The fourth-order valence-electron chi connectivity index (χ4n) is 1.53. The van der Waals surface area contributed by atoms with Gasteiger partial charge in [0.05, 0.1) is 12.8 Å². The summed E-state index contributed by atoms with van der Waals surface area (Å²) in [4.78, 5) is 11.5. The molecule has 1 aromatic carbocycles. The Hall–Kier alpha value is -1.45. The Morgan fingerprint density at radius 2 is 2.10 bits per heavy atom. The summed E-state index contributed by atoms with van der Waals surface area (Å²) >= 11 is 4.05. The number of halogens is 2. The SMILES string of the molecule is COC(=O)c1sccc1NS(=O)(=O)c1ccc(F)cc1Br. The molecule has 1 heterocycles. The van der Waals surface area contributed by atoms with Gasteiger partial charge in [0.1, 0.15) is 15.6 Å². The average Bonchev–Trinajstić information content (AvgIpc) is 2.84. The van der Waals surface area contributed by atoms with Crippen LogP contribution in [0, 0.1) is 5.82 Å². The van der Waals surface area contributed by atoms with Gasteiger partial charge in [-0.15, -0.1) is 11.3 Å². The summed E-state index contributed by atoms with van der Waals surface area (Å²) in [6.45, 7) is 0. The molecule has 0 saturated heterocycles. The number of carbonyl (C=O) groups excluding carboxylic acids is 1. The fraction of sp³-hybridized carbons (Fsp3) is 0.0833. The van der Waals surface area contributed by atoms with Crippen molar-refractivity contribution in [3.8, 4) is 0 Å². The Morgan fingerprint density at radius 3 is 2.71 bits per heavy atom. The van der Waals surface area contributed by atoms with Crippen LogP contribution in [0.5, 0.6) is 0 Å². The Kier molecular flexibility index (Phi) is 4.64. The molecule has 0 aliphatic carbocycles. The summed E-state index contributed by atoms with van der Waals surface area (Å²) in [6.07, 6.45) is 0. The largest absolute Gasteiger partial charge is 0.465 e. The molecule has 0 unspecified atom stereocenters. The molecule has 2 aromatic rings. The van der Waals surface area contributed by atoms with E-state index in [2.05, 4.69) is 25.4 Å². The van der Waals surface area contributed by atoms with Crippen LogP contribution in [0.25, 0.3) is 0 Å². The van der Waals surface area contributed by atoms with E-state index in [1.807, 2.05) is 0 Å². The van der Waals surface area contributed by atoms with Crippen molar-refractivity contribution in [3.05, 3.63) is 44.8 Å². The van der Waals surface area contributed by atoms with Gasteiger partial charge in [0.25, 0.3) is 10.0 Å². The third-order valence-corrected chi connectivity index (χ3v) is 5.70. The van der Waals surface area contributed by atoms with Crippen LogP contribution in [0.3, 0.4) is 0 Å². The van der Waals surface area contributed by atoms with E-state index in [9.17, 15) is 17.6 Å². The predicted octanol–water partition coefficient (Wildman–Crippen LogP) is 3.24. The van der Waals surface area contributed by atoms with Crippen molar-refractivity contribution in [2.45, 2.75) is 4.90 Å². The lowest BCUT2D eigenvalue weighted by Gasteiger charge is -2.09. The highest BCUT2D eigenvalue weighted by atomic mass is 79.9. The highest BCUT2D eigenvalue weighted by molar-refractivity contribution is 9.10. The van der Waals surface area contributed by atoms with Crippen molar-refractivity contribution >= 4 is 48.9 Å². The molecule has 0 bridgehead atoms. The van der Waals surface area contributed by atoms with E-state index in [0.29, 0.717) is 0 Å². The fourth-order valence-corrected chi connectivity index (χ4v) is 4.49. The molecule has 0 amide bonds. The second-order valence-electron chi connectivity index (χ2n) is 3.84. The van der Waals surface area contributed by atoms with Crippen LogP contribution in [0.2, 0.25) is 0 Å². The van der Waals surface area contributed by atoms with Crippen molar-refractivity contribution in [2.75, 3.05) is 11.8 Å². The van der Waals surface area contributed by atoms with E-state index in [4.69, 9.17) is 0 Å². The Labute approximate surface area is 132 Å². The number of anilines is 1. The molecule has 0 spiro atoms. The first kappa shape index (κ1) is 15.9. The van der Waals surface area contributed by atoms with Crippen molar-refractivity contribution < 1.29 is 22.3 Å². The number of ether oxygens (including phenoxy) is 1. The molecule has 0 aliphatic heterocycles. The molecule has 0 fully saturated rings. The van der Waals surface area contributed by atoms with Crippen LogP contribution in [-0.4, -0.2) is 21.5 Å². The number of thiophene rings is 1. The lowest BCUT2D eigenvalue weighted by Crippen LogP contribution is -2.15. The third kappa shape index (κ3) is 3.42. The van der Waals surface area contributed by atoms with Gasteiger partial charge in [-0.3, -0.25) is 4.72 Å². The van der Waals surface area contributed by atoms with E-state index in [-0.39, 0.29) is 19.9 Å². The summed E-state index contributed by atoms with van der Waals surface area (Å²) < 4.78 is 44.5. The molecule has 5 nitrogen and oxygen atoms in total. The van der Waals surface area contributed by atoms with Crippen molar-refractivity contribution in [2.24, 2.45) is 0 Å². The number of methoxy groups -OCH3 is 1. The van der Waals surface area contributed by atoms with Gasteiger partial charge in [-0.05, 0) is 45.6 Å². The number of hydrogen-bond donors (Lipinski definition) is 1. The first-order chi connectivity index (χ1) is 9.85. The minimum atomic E-state index is -3.96. The Balaban J connectivity index is 2.38. The summed E-state index contributed by atoms with van der Waals surface area (Å²) in [5.74, 6) is -1.20. The molecular weight excluding hydrogens is 385 g/mol. The maximum absolute atomic E-state index is 13.0. The lowest BCUT2D eigenvalue weighted by atomic mass is 10.3. The smallest absolute Gasteiger partial charge is 0.350 e. The number of carbonyl (C=O) groups is 1. The number of hydrogen-bond acceptors (Lipinski definition) is 5. The normalized spacial score (nSPS) is 11.2. The Morgan fingerprint density at radius 1 is 1.38 bits per heavy atom. The topological polar surface area (TPSA) is 72.5 Å². The minimum absolute atomic E-state index is 0.0878. The summed E-state index contributed by atoms with van der Waals surface area (Å²) in [6, 6.07) is 4.66. The zero-order valence-corrected chi connectivity index (χ0v) is 13.8. The van der Waals surface area contributed by atoms with Gasteiger partial charge in [0.15, 0.2) is 0 Å². The van der Waals surface area contributed by atoms with E-state index < -0.39 is 21.8 Å². The minimum Gasteiger partial charge on any atom is -0.465 e. The summed E-state index contributed by atoms with van der Waals surface area (Å²) in [7, 11) is -2.75. The maximum Gasteiger partial charge on any atom is 0.350 e. The summed E-state index contributed by atoms with van der Waals surface area (Å²) in [5.41, 5.74) is 0.114. The van der Waals surface area contributed by atoms with Crippen LogP contribution in [0.4, 0.5) is 10.1 Å². The van der Waals surface area contributed by atoms with Crippen LogP contribution >= 0.6 is 27.3 Å². The number of esters is 1. The predicted molar refractivity (Wildman–Crippen MR) is 80.6 cm³/mol. The maximum atomic E-state index is 13.0. The van der Waals surface area contributed by atoms with Crippen molar-refractivity contribution in [1.82, 2.24) is 0 Å². The number of nitrogens with one attached hydrogen (secondary N) is 1. The quantitative estimate of drug-likeness (QED) is 0.809. The first-order valence-corrected chi connectivity index (χ1v) is 8.64. The van der Waals surface area contributed by atoms with Crippen molar-refractivity contribution in [1.29, 1.82) is 0 Å². The van der Waals surface area contributed by atoms with Gasteiger partial charge in [0.2, 0.25) is 0 Å². The second kappa shape index (κ2) is 6.12. The van der Waals surface area contributed by atoms with Crippen LogP contribution < -0.4 is 4.72 Å². The third-order valence-electron chi connectivity index (χ3n) is 2.46. The number of benzene rings is 1. The van der Waals surface area contributed by atoms with Gasteiger partial charge >= 0.3 is 5.97 Å². The molecule has 9 heteroatoms. The van der Waals surface area contributed by atoms with Gasteiger partial charge in [-0.2, -0.15) is 0 Å². The lowest BCUT2D eigenvalue weighted by molar-refractivity contribution is 0.0607. The van der Waals surface area contributed by atoms with E-state index >= 15 is 0 Å². The second-order valence-corrected chi connectivity index (χ2v) is 7.26. The van der Waals surface area contributed by atoms with Gasteiger partial charge in [-0.1, -0.05) is 0 Å². The monoisotopic (exact) mass is 393 g/mol. The highest BCUT2D eigenvalue weighted by Gasteiger charge is 2.22. The molecule has 1 N–H and O–H groups in total.